The zero-order valence-corrected chi connectivity index (χ0v) is 14.3. The molecule has 0 aromatic carbocycles. The number of piperidine rings is 1. The molecule has 2 unspecified atom stereocenters. The molecule has 0 radical (unpaired) electrons. The van der Waals surface area contributed by atoms with E-state index in [-0.39, 0.29) is 11.7 Å². The Kier molecular flexibility index (Phi) is 4.44. The Morgan fingerprint density at radius 3 is 2.62 bits per heavy atom. The summed E-state index contributed by atoms with van der Waals surface area (Å²) in [6.45, 7) is 5.25. The molecule has 1 saturated heterocycles. The van der Waals surface area contributed by atoms with Crippen LogP contribution in [0.2, 0.25) is 0 Å². The lowest BCUT2D eigenvalue weighted by atomic mass is 9.92. The van der Waals surface area contributed by atoms with E-state index in [2.05, 4.69) is 24.0 Å². The van der Waals surface area contributed by atoms with Crippen molar-refractivity contribution in [3.8, 4) is 11.7 Å². The van der Waals surface area contributed by atoms with Crippen LogP contribution in [0.3, 0.4) is 0 Å². The molecule has 1 aliphatic rings. The Hall–Kier alpha value is -2.16. The highest BCUT2D eigenvalue weighted by atomic mass is 32.2. The second-order valence-corrected chi connectivity index (χ2v) is 8.22. The third kappa shape index (κ3) is 3.50. The quantitative estimate of drug-likeness (QED) is 0.822. The molecule has 1 aliphatic heterocycles. The van der Waals surface area contributed by atoms with Crippen LogP contribution in [0.25, 0.3) is 11.7 Å². The third-order valence-electron chi connectivity index (χ3n) is 3.94. The van der Waals surface area contributed by atoms with E-state index in [0.29, 0.717) is 24.9 Å². The van der Waals surface area contributed by atoms with Gasteiger partial charge in [-0.05, 0) is 30.4 Å². The van der Waals surface area contributed by atoms with E-state index in [1.54, 1.807) is 17.0 Å². The lowest BCUT2D eigenvalue weighted by Crippen LogP contribution is -2.44. The van der Waals surface area contributed by atoms with Crippen LogP contribution in [0.5, 0.6) is 0 Å². The predicted octanol–water partition coefficient (Wildman–Crippen LogP) is 1.61. The van der Waals surface area contributed by atoms with E-state index in [1.807, 2.05) is 0 Å². The standard InChI is InChI=1S/C15H19N3O5S/c1-10-6-11(2)8-18(7-10)13(19)9-24(20,21)15-17-16-14(23-15)12-4-3-5-22-12/h3-5,10-11H,6-9H2,1-2H3. The van der Waals surface area contributed by atoms with Crippen LogP contribution in [0, 0.1) is 11.8 Å². The topological polar surface area (TPSA) is 107 Å². The molecular formula is C15H19N3O5S. The summed E-state index contributed by atoms with van der Waals surface area (Å²) in [5.41, 5.74) is 0. The van der Waals surface area contributed by atoms with Crippen molar-refractivity contribution in [2.45, 2.75) is 25.5 Å². The summed E-state index contributed by atoms with van der Waals surface area (Å²) < 4.78 is 34.9. The van der Waals surface area contributed by atoms with E-state index >= 15 is 0 Å². The molecule has 2 aromatic heterocycles. The number of sulfone groups is 1. The summed E-state index contributed by atoms with van der Waals surface area (Å²) in [5.74, 6) is -0.165. The molecule has 1 fully saturated rings. The molecule has 9 heteroatoms. The molecule has 3 heterocycles. The number of aromatic nitrogens is 2. The fourth-order valence-electron chi connectivity index (χ4n) is 3.02. The smallest absolute Gasteiger partial charge is 0.336 e. The van der Waals surface area contributed by atoms with Crippen LogP contribution in [-0.4, -0.2) is 48.3 Å². The number of amides is 1. The van der Waals surface area contributed by atoms with E-state index < -0.39 is 26.7 Å². The molecule has 8 nitrogen and oxygen atoms in total. The van der Waals surface area contributed by atoms with Crippen LogP contribution in [0.4, 0.5) is 0 Å². The minimum Gasteiger partial charge on any atom is -0.459 e. The highest BCUT2D eigenvalue weighted by Crippen LogP contribution is 2.23. The highest BCUT2D eigenvalue weighted by Gasteiger charge is 2.32. The number of likely N-dealkylation sites (tertiary alicyclic amines) is 1. The number of rotatable bonds is 4. The fraction of sp³-hybridized carbons (Fsp3) is 0.533. The summed E-state index contributed by atoms with van der Waals surface area (Å²) in [7, 11) is -3.99. The predicted molar refractivity (Wildman–Crippen MR) is 83.6 cm³/mol. The van der Waals surface area contributed by atoms with Gasteiger partial charge in [0.25, 0.3) is 5.89 Å². The number of furan rings is 1. The van der Waals surface area contributed by atoms with E-state index in [4.69, 9.17) is 8.83 Å². The fourth-order valence-corrected chi connectivity index (χ4v) is 4.02. The van der Waals surface area contributed by atoms with E-state index in [1.165, 1.54) is 6.26 Å². The van der Waals surface area contributed by atoms with Crippen molar-refractivity contribution in [2.24, 2.45) is 11.8 Å². The lowest BCUT2D eigenvalue weighted by Gasteiger charge is -2.34. The molecule has 0 saturated carbocycles. The molecule has 0 N–H and O–H groups in total. The monoisotopic (exact) mass is 353 g/mol. The molecule has 2 aromatic rings. The molecule has 2 atom stereocenters. The highest BCUT2D eigenvalue weighted by molar-refractivity contribution is 7.91. The van der Waals surface area contributed by atoms with Crippen LogP contribution in [0.15, 0.2) is 32.5 Å². The van der Waals surface area contributed by atoms with Crippen LogP contribution in [-0.2, 0) is 14.6 Å². The molecule has 0 spiro atoms. The summed E-state index contributed by atoms with van der Waals surface area (Å²) in [4.78, 5) is 13.9. The number of nitrogens with zero attached hydrogens (tertiary/aromatic N) is 3. The molecular weight excluding hydrogens is 334 g/mol. The number of hydrogen-bond donors (Lipinski definition) is 0. The number of hydrogen-bond acceptors (Lipinski definition) is 7. The summed E-state index contributed by atoms with van der Waals surface area (Å²) in [6.07, 6.45) is 2.45. The normalized spacial score (nSPS) is 21.8. The molecule has 24 heavy (non-hydrogen) atoms. The van der Waals surface area contributed by atoms with Crippen molar-refractivity contribution < 1.29 is 22.0 Å². The van der Waals surface area contributed by atoms with Gasteiger partial charge in [0, 0.05) is 13.1 Å². The Labute approximate surface area is 139 Å². The van der Waals surface area contributed by atoms with Crippen molar-refractivity contribution >= 4 is 15.7 Å². The largest absolute Gasteiger partial charge is 0.459 e. The number of carbonyl (C=O) groups is 1. The number of carbonyl (C=O) groups excluding carboxylic acids is 1. The van der Waals surface area contributed by atoms with Gasteiger partial charge in [-0.15, -0.1) is 5.10 Å². The first kappa shape index (κ1) is 16.7. The van der Waals surface area contributed by atoms with Crippen molar-refractivity contribution in [3.05, 3.63) is 18.4 Å². The molecule has 0 aliphatic carbocycles. The molecule has 0 bridgehead atoms. The minimum atomic E-state index is -3.99. The Morgan fingerprint density at radius 2 is 2.00 bits per heavy atom. The second-order valence-electron chi connectivity index (χ2n) is 6.35. The minimum absolute atomic E-state index is 0.0359. The summed E-state index contributed by atoms with van der Waals surface area (Å²) in [5, 5.41) is 6.62. The van der Waals surface area contributed by atoms with Crippen LogP contribution >= 0.6 is 0 Å². The van der Waals surface area contributed by atoms with E-state index in [0.717, 1.165) is 6.42 Å². The third-order valence-corrected chi connectivity index (χ3v) is 5.26. The zero-order valence-electron chi connectivity index (χ0n) is 13.5. The van der Waals surface area contributed by atoms with Gasteiger partial charge in [0.1, 0.15) is 5.75 Å². The average Bonchev–Trinajstić information content (AvgIpc) is 3.17. The van der Waals surface area contributed by atoms with Gasteiger partial charge in [0.05, 0.1) is 6.26 Å². The second kappa shape index (κ2) is 6.39. The molecule has 130 valence electrons. The molecule has 3 rings (SSSR count). The van der Waals surface area contributed by atoms with Gasteiger partial charge in [-0.1, -0.05) is 18.9 Å². The summed E-state index contributed by atoms with van der Waals surface area (Å²) in [6, 6.07) is 3.20. The SMILES string of the molecule is CC1CC(C)CN(C(=O)CS(=O)(=O)c2nnc(-c3ccco3)o2)C1. The Morgan fingerprint density at radius 1 is 1.29 bits per heavy atom. The van der Waals surface area contributed by atoms with E-state index in [9.17, 15) is 13.2 Å². The average molecular weight is 353 g/mol. The first-order valence-corrected chi connectivity index (χ1v) is 9.38. The van der Waals surface area contributed by atoms with Gasteiger partial charge in [-0.2, -0.15) is 0 Å². The summed E-state index contributed by atoms with van der Waals surface area (Å²) >= 11 is 0. The Bertz CT molecular complexity index is 802. The van der Waals surface area contributed by atoms with Crippen molar-refractivity contribution in [2.75, 3.05) is 18.8 Å². The van der Waals surface area contributed by atoms with Gasteiger partial charge in [-0.25, -0.2) is 8.42 Å². The first-order valence-electron chi connectivity index (χ1n) is 7.73. The maximum atomic E-state index is 12.4. The van der Waals surface area contributed by atoms with Crippen molar-refractivity contribution in [1.29, 1.82) is 0 Å². The van der Waals surface area contributed by atoms with Gasteiger partial charge in [0.15, 0.2) is 5.76 Å². The van der Waals surface area contributed by atoms with Gasteiger partial charge in [0.2, 0.25) is 15.7 Å². The van der Waals surface area contributed by atoms with Gasteiger partial charge >= 0.3 is 5.22 Å². The van der Waals surface area contributed by atoms with Crippen LogP contribution < -0.4 is 0 Å². The lowest BCUT2D eigenvalue weighted by molar-refractivity contribution is -0.131. The maximum Gasteiger partial charge on any atom is 0.336 e. The first-order chi connectivity index (χ1) is 11.3. The van der Waals surface area contributed by atoms with Crippen LogP contribution in [0.1, 0.15) is 20.3 Å². The molecule has 1 amide bonds. The van der Waals surface area contributed by atoms with Gasteiger partial charge in [-0.3, -0.25) is 4.79 Å². The van der Waals surface area contributed by atoms with Crippen molar-refractivity contribution in [3.63, 3.8) is 0 Å². The van der Waals surface area contributed by atoms with Gasteiger partial charge < -0.3 is 13.7 Å². The van der Waals surface area contributed by atoms with Crippen molar-refractivity contribution in [1.82, 2.24) is 15.1 Å². The maximum absolute atomic E-state index is 12.4. The Balaban J connectivity index is 1.73. The zero-order chi connectivity index (χ0) is 17.3.